The zero-order valence-electron chi connectivity index (χ0n) is 8.77. The zero-order chi connectivity index (χ0) is 11.7. The molecule has 0 saturated heterocycles. The number of halogens is 1. The van der Waals surface area contributed by atoms with Crippen molar-refractivity contribution in [2.45, 2.75) is 19.9 Å². The Morgan fingerprint density at radius 1 is 1.56 bits per heavy atom. The number of aliphatic carboxylic acids is 1. The number of hydrogen-bond acceptors (Lipinski definition) is 2. The van der Waals surface area contributed by atoms with Gasteiger partial charge in [-0.1, -0.05) is 17.7 Å². The first-order valence-electron chi connectivity index (χ1n) is 4.98. The van der Waals surface area contributed by atoms with E-state index in [0.29, 0.717) is 11.7 Å². The lowest BCUT2D eigenvalue weighted by Gasteiger charge is -1.95. The topological polar surface area (TPSA) is 55.1 Å². The Bertz CT molecular complexity index is 548. The van der Waals surface area contributed by atoms with Gasteiger partial charge in [-0.15, -0.1) is 0 Å². The van der Waals surface area contributed by atoms with Crippen LogP contribution in [0.3, 0.4) is 0 Å². The van der Waals surface area contributed by atoms with Gasteiger partial charge in [-0.2, -0.15) is 5.10 Å². The number of fused-ring (bicyclic) bond motifs is 1. The molecular weight excluding hydrogens is 228 g/mol. The summed E-state index contributed by atoms with van der Waals surface area (Å²) in [5.41, 5.74) is 1.48. The molecule has 1 N–H and O–H groups in total. The molecule has 1 aromatic carbocycles. The molecule has 16 heavy (non-hydrogen) atoms. The number of carboxylic acid groups (broad SMARTS) is 1. The Morgan fingerprint density at radius 3 is 2.94 bits per heavy atom. The number of aryl methyl sites for hydroxylation is 1. The molecule has 2 aromatic rings. The maximum Gasteiger partial charge on any atom is 0.307 e. The second kappa shape index (κ2) is 4.14. The second-order valence-electron chi connectivity index (χ2n) is 3.53. The van der Waals surface area contributed by atoms with Gasteiger partial charge in [0.2, 0.25) is 0 Å². The predicted octanol–water partition coefficient (Wildman–Crippen LogP) is 2.34. The molecule has 84 valence electrons. The van der Waals surface area contributed by atoms with Gasteiger partial charge in [0.05, 0.1) is 11.9 Å². The molecular formula is C11H11ClN2O2. The summed E-state index contributed by atoms with van der Waals surface area (Å²) in [5.74, 6) is -0.847. The smallest absolute Gasteiger partial charge is 0.307 e. The lowest BCUT2D eigenvalue weighted by atomic mass is 10.1. The van der Waals surface area contributed by atoms with Crippen molar-refractivity contribution in [1.82, 2.24) is 9.78 Å². The van der Waals surface area contributed by atoms with Crippen molar-refractivity contribution >= 4 is 28.5 Å². The summed E-state index contributed by atoms with van der Waals surface area (Å²) < 4.78 is 1.69. The number of hydrogen-bond donors (Lipinski definition) is 1. The summed E-state index contributed by atoms with van der Waals surface area (Å²) in [6, 6.07) is 5.35. The van der Waals surface area contributed by atoms with Gasteiger partial charge in [-0.3, -0.25) is 9.48 Å². The number of carbonyl (C=O) groups is 1. The Labute approximate surface area is 97.4 Å². The molecule has 0 atom stereocenters. The van der Waals surface area contributed by atoms with Crippen molar-refractivity contribution in [2.24, 2.45) is 0 Å². The maximum atomic E-state index is 10.6. The highest BCUT2D eigenvalue weighted by atomic mass is 35.5. The summed E-state index contributed by atoms with van der Waals surface area (Å²) in [7, 11) is 0. The molecule has 0 amide bonds. The minimum absolute atomic E-state index is 0.00649. The predicted molar refractivity (Wildman–Crippen MR) is 61.8 cm³/mol. The summed E-state index contributed by atoms with van der Waals surface area (Å²) >= 11 is 6.10. The minimum atomic E-state index is -0.847. The molecule has 1 aromatic heterocycles. The fraction of sp³-hybridized carbons (Fsp3) is 0.273. The van der Waals surface area contributed by atoms with Crippen molar-refractivity contribution in [3.8, 4) is 0 Å². The monoisotopic (exact) mass is 238 g/mol. The SMILES string of the molecule is CCn1nc2cc(CC(=O)O)ccc2c1Cl. The molecule has 0 saturated carbocycles. The second-order valence-corrected chi connectivity index (χ2v) is 3.89. The fourth-order valence-corrected chi connectivity index (χ4v) is 1.96. The van der Waals surface area contributed by atoms with E-state index in [1.54, 1.807) is 16.8 Å². The van der Waals surface area contributed by atoms with Gasteiger partial charge in [-0.05, 0) is 24.6 Å². The van der Waals surface area contributed by atoms with E-state index in [0.717, 1.165) is 16.5 Å². The van der Waals surface area contributed by atoms with Crippen LogP contribution < -0.4 is 0 Å². The van der Waals surface area contributed by atoms with E-state index in [1.165, 1.54) is 0 Å². The number of benzene rings is 1. The average Bonchev–Trinajstić information content (AvgIpc) is 2.54. The van der Waals surface area contributed by atoms with Crippen LogP contribution in [0.4, 0.5) is 0 Å². The van der Waals surface area contributed by atoms with E-state index < -0.39 is 5.97 Å². The molecule has 0 aliphatic carbocycles. The van der Waals surface area contributed by atoms with Crippen LogP contribution in [-0.2, 0) is 17.8 Å². The Hall–Kier alpha value is -1.55. The standard InChI is InChI=1S/C11H11ClN2O2/c1-2-14-11(12)8-4-3-7(6-10(15)16)5-9(8)13-14/h3-5H,2,6H2,1H3,(H,15,16). The summed E-state index contributed by atoms with van der Waals surface area (Å²) in [4.78, 5) is 10.6. The summed E-state index contributed by atoms with van der Waals surface area (Å²) in [6.45, 7) is 2.65. The van der Waals surface area contributed by atoms with Crippen molar-refractivity contribution in [3.63, 3.8) is 0 Å². The first-order valence-corrected chi connectivity index (χ1v) is 5.36. The largest absolute Gasteiger partial charge is 0.481 e. The van der Waals surface area contributed by atoms with Crippen molar-refractivity contribution in [2.75, 3.05) is 0 Å². The average molecular weight is 239 g/mol. The van der Waals surface area contributed by atoms with Gasteiger partial charge in [-0.25, -0.2) is 0 Å². The molecule has 0 aliphatic heterocycles. The van der Waals surface area contributed by atoms with Gasteiger partial charge in [0.25, 0.3) is 0 Å². The van der Waals surface area contributed by atoms with E-state index in [1.807, 2.05) is 13.0 Å². The third-order valence-corrected chi connectivity index (χ3v) is 2.79. The van der Waals surface area contributed by atoms with Crippen LogP contribution in [0.5, 0.6) is 0 Å². The lowest BCUT2D eigenvalue weighted by Crippen LogP contribution is -1.99. The van der Waals surface area contributed by atoms with Crippen LogP contribution in [0.1, 0.15) is 12.5 Å². The number of nitrogens with zero attached hydrogens (tertiary/aromatic N) is 2. The Morgan fingerprint density at radius 2 is 2.31 bits per heavy atom. The maximum absolute atomic E-state index is 10.6. The molecule has 0 unspecified atom stereocenters. The number of aromatic nitrogens is 2. The fourth-order valence-electron chi connectivity index (χ4n) is 1.64. The van der Waals surface area contributed by atoms with E-state index in [2.05, 4.69) is 5.10 Å². The highest BCUT2D eigenvalue weighted by Gasteiger charge is 2.09. The molecule has 0 bridgehead atoms. The number of rotatable bonds is 3. The number of carboxylic acids is 1. The van der Waals surface area contributed by atoms with Crippen LogP contribution in [0.25, 0.3) is 10.9 Å². The van der Waals surface area contributed by atoms with Gasteiger partial charge in [0, 0.05) is 11.9 Å². The van der Waals surface area contributed by atoms with Crippen molar-refractivity contribution in [1.29, 1.82) is 0 Å². The molecule has 4 nitrogen and oxygen atoms in total. The third kappa shape index (κ3) is 1.88. The summed E-state index contributed by atoms with van der Waals surface area (Å²) in [6.07, 6.45) is 0.00649. The third-order valence-electron chi connectivity index (χ3n) is 2.39. The van der Waals surface area contributed by atoms with Gasteiger partial charge < -0.3 is 5.11 Å². The van der Waals surface area contributed by atoms with Gasteiger partial charge in [0.1, 0.15) is 5.15 Å². The normalized spacial score (nSPS) is 10.9. The van der Waals surface area contributed by atoms with Crippen molar-refractivity contribution < 1.29 is 9.90 Å². The molecule has 2 rings (SSSR count). The van der Waals surface area contributed by atoms with Gasteiger partial charge >= 0.3 is 5.97 Å². The first-order chi connectivity index (χ1) is 7.61. The highest BCUT2D eigenvalue weighted by Crippen LogP contribution is 2.24. The molecule has 0 spiro atoms. The first kappa shape index (κ1) is 11.0. The van der Waals surface area contributed by atoms with Crippen LogP contribution in [0, 0.1) is 0 Å². The highest BCUT2D eigenvalue weighted by molar-refractivity contribution is 6.34. The van der Waals surface area contributed by atoms with Crippen LogP contribution in [0.15, 0.2) is 18.2 Å². The van der Waals surface area contributed by atoms with Crippen molar-refractivity contribution in [3.05, 3.63) is 28.9 Å². The molecule has 1 heterocycles. The molecule has 0 fully saturated rings. The lowest BCUT2D eigenvalue weighted by molar-refractivity contribution is -0.136. The Kier molecular flexibility index (Phi) is 2.83. The Balaban J connectivity index is 2.50. The zero-order valence-corrected chi connectivity index (χ0v) is 9.53. The van der Waals surface area contributed by atoms with E-state index in [4.69, 9.17) is 16.7 Å². The van der Waals surface area contributed by atoms with Crippen LogP contribution in [-0.4, -0.2) is 20.9 Å². The minimum Gasteiger partial charge on any atom is -0.481 e. The van der Waals surface area contributed by atoms with E-state index in [9.17, 15) is 4.79 Å². The van der Waals surface area contributed by atoms with Crippen LogP contribution >= 0.6 is 11.6 Å². The van der Waals surface area contributed by atoms with Crippen LogP contribution in [0.2, 0.25) is 5.15 Å². The van der Waals surface area contributed by atoms with Gasteiger partial charge in [0.15, 0.2) is 0 Å². The van der Waals surface area contributed by atoms with E-state index >= 15 is 0 Å². The van der Waals surface area contributed by atoms with E-state index in [-0.39, 0.29) is 6.42 Å². The molecule has 0 aliphatic rings. The molecule has 0 radical (unpaired) electrons. The molecule has 5 heteroatoms. The quantitative estimate of drug-likeness (QED) is 0.893. The summed E-state index contributed by atoms with van der Waals surface area (Å²) in [5, 5.41) is 14.4.